The summed E-state index contributed by atoms with van der Waals surface area (Å²) < 4.78 is 14.7. The summed E-state index contributed by atoms with van der Waals surface area (Å²) in [5.74, 6) is 0.501. The summed E-state index contributed by atoms with van der Waals surface area (Å²) in [6, 6.07) is 15.2. The van der Waals surface area contributed by atoms with Crippen molar-refractivity contribution < 1.29 is 4.39 Å². The number of H-pyrrole nitrogens is 2. The molecule has 230 valence electrons. The third-order valence-electron chi connectivity index (χ3n) is 8.62. The molecule has 7 rings (SSSR count). The quantitative estimate of drug-likeness (QED) is 0.132. The fourth-order valence-corrected chi connectivity index (χ4v) is 6.28. The van der Waals surface area contributed by atoms with Crippen molar-refractivity contribution >= 4 is 27.8 Å². The van der Waals surface area contributed by atoms with Gasteiger partial charge in [-0.25, -0.2) is 14.4 Å². The van der Waals surface area contributed by atoms with Gasteiger partial charge >= 0.3 is 0 Å². The first-order chi connectivity index (χ1) is 22.0. The minimum absolute atomic E-state index is 0.293. The molecule has 5 heterocycles. The number of hydrogen-bond acceptors (Lipinski definition) is 7. The van der Waals surface area contributed by atoms with Crippen LogP contribution in [0.2, 0.25) is 0 Å². The number of nitrogens with zero attached hydrogens (tertiary/aromatic N) is 5. The molecular weight excluding hydrogens is 565 g/mol. The lowest BCUT2D eigenvalue weighted by atomic mass is 10.0. The second kappa shape index (κ2) is 12.7. The topological polar surface area (TPSA) is 110 Å². The molecule has 0 aliphatic heterocycles. The van der Waals surface area contributed by atoms with E-state index in [2.05, 4.69) is 46.7 Å². The van der Waals surface area contributed by atoms with E-state index in [1.807, 2.05) is 56.8 Å². The van der Waals surface area contributed by atoms with E-state index in [9.17, 15) is 4.39 Å². The maximum atomic E-state index is 14.7. The summed E-state index contributed by atoms with van der Waals surface area (Å²) in [6.45, 7) is 3.41. The summed E-state index contributed by atoms with van der Waals surface area (Å²) in [5, 5.41) is 15.6. The van der Waals surface area contributed by atoms with E-state index >= 15 is 0 Å². The van der Waals surface area contributed by atoms with Crippen molar-refractivity contribution in [3.63, 3.8) is 0 Å². The van der Waals surface area contributed by atoms with Gasteiger partial charge in [-0.1, -0.05) is 12.8 Å². The van der Waals surface area contributed by atoms with Crippen LogP contribution in [0.3, 0.4) is 0 Å². The van der Waals surface area contributed by atoms with Gasteiger partial charge in [0, 0.05) is 54.9 Å². The van der Waals surface area contributed by atoms with Crippen LogP contribution < -0.4 is 10.6 Å². The minimum Gasteiger partial charge on any atom is -0.384 e. The molecule has 5 aromatic heterocycles. The molecule has 4 N–H and O–H groups in total. The average molecular weight is 604 g/mol. The van der Waals surface area contributed by atoms with Gasteiger partial charge in [0.05, 0.1) is 16.9 Å². The number of halogens is 1. The number of rotatable bonds is 11. The predicted octanol–water partition coefficient (Wildman–Crippen LogP) is 6.62. The summed E-state index contributed by atoms with van der Waals surface area (Å²) in [5.41, 5.74) is 9.10. The van der Waals surface area contributed by atoms with Crippen LogP contribution in [0.1, 0.15) is 31.2 Å². The molecule has 0 spiro atoms. The highest BCUT2D eigenvalue weighted by Crippen LogP contribution is 2.34. The summed E-state index contributed by atoms with van der Waals surface area (Å²) in [7, 11) is 4.03. The van der Waals surface area contributed by atoms with Crippen molar-refractivity contribution in [3.8, 4) is 33.8 Å². The smallest absolute Gasteiger partial charge is 0.138 e. The van der Waals surface area contributed by atoms with Crippen LogP contribution in [-0.2, 0) is 6.54 Å². The molecule has 0 bridgehead atoms. The molecule has 1 aromatic carbocycles. The number of nitrogens with one attached hydrogen (secondary N) is 4. The van der Waals surface area contributed by atoms with E-state index in [-0.39, 0.29) is 5.82 Å². The van der Waals surface area contributed by atoms with E-state index in [1.54, 1.807) is 12.3 Å². The van der Waals surface area contributed by atoms with Crippen molar-refractivity contribution in [2.75, 3.05) is 39.0 Å². The molecule has 1 aliphatic carbocycles. The number of aromatic amines is 2. The third kappa shape index (κ3) is 6.43. The van der Waals surface area contributed by atoms with Gasteiger partial charge in [-0.15, -0.1) is 0 Å². The molecule has 6 aromatic rings. The molecule has 1 saturated carbocycles. The van der Waals surface area contributed by atoms with Crippen molar-refractivity contribution in [1.29, 1.82) is 0 Å². The first-order valence-electron chi connectivity index (χ1n) is 15.7. The molecule has 0 amide bonds. The van der Waals surface area contributed by atoms with Gasteiger partial charge in [0.2, 0.25) is 0 Å². The average Bonchev–Trinajstić information content (AvgIpc) is 3.80. The number of likely N-dealkylation sites (N-methyl/N-ethyl adjacent to an activating group) is 1. The Morgan fingerprint density at radius 3 is 2.76 bits per heavy atom. The van der Waals surface area contributed by atoms with Crippen LogP contribution in [0.5, 0.6) is 0 Å². The number of fused-ring (bicyclic) bond motifs is 2. The molecule has 9 nitrogen and oxygen atoms in total. The molecule has 0 saturated heterocycles. The van der Waals surface area contributed by atoms with E-state index < -0.39 is 0 Å². The van der Waals surface area contributed by atoms with Crippen LogP contribution in [0, 0.1) is 11.7 Å². The lowest BCUT2D eigenvalue weighted by Crippen LogP contribution is -2.20. The van der Waals surface area contributed by atoms with Gasteiger partial charge in [0.1, 0.15) is 22.7 Å². The zero-order valence-corrected chi connectivity index (χ0v) is 25.7. The van der Waals surface area contributed by atoms with Gasteiger partial charge < -0.3 is 20.5 Å². The molecule has 0 atom stereocenters. The molecule has 1 fully saturated rings. The fourth-order valence-electron chi connectivity index (χ4n) is 6.28. The second-order valence-corrected chi connectivity index (χ2v) is 12.3. The van der Waals surface area contributed by atoms with Crippen molar-refractivity contribution in [2.24, 2.45) is 5.92 Å². The van der Waals surface area contributed by atoms with E-state index in [0.717, 1.165) is 87.8 Å². The number of anilines is 1. The Balaban J connectivity index is 1.17. The predicted molar refractivity (Wildman–Crippen MR) is 178 cm³/mol. The molecule has 45 heavy (non-hydrogen) atoms. The normalized spacial score (nSPS) is 13.9. The standard InChI is InChI=1S/C35H38FN9/c1-45(2)12-11-39-27-15-24(14-26(36)16-27)28-9-10-40-35-29(28)17-32(42-35)34-33-31(43-44-34)8-7-30(41-33)25-13-23(20-38-21-25)19-37-18-22-5-3-4-6-22/h7-10,13-17,20-22,37,39H,3-6,11-12,18-19H2,1-2H3,(H,40,42)(H,43,44). The van der Waals surface area contributed by atoms with Crippen molar-refractivity contribution in [1.82, 2.24) is 40.3 Å². The Labute approximate surface area is 261 Å². The van der Waals surface area contributed by atoms with Crippen LogP contribution in [-0.4, -0.2) is 68.8 Å². The zero-order chi connectivity index (χ0) is 30.8. The first-order valence-corrected chi connectivity index (χ1v) is 15.7. The Hall–Kier alpha value is -4.67. The number of aromatic nitrogens is 6. The Bertz CT molecular complexity index is 1940. The Morgan fingerprint density at radius 1 is 1.00 bits per heavy atom. The number of hydrogen-bond donors (Lipinski definition) is 4. The van der Waals surface area contributed by atoms with Crippen LogP contribution in [0.4, 0.5) is 10.1 Å². The van der Waals surface area contributed by atoms with Crippen LogP contribution in [0.25, 0.3) is 55.8 Å². The largest absolute Gasteiger partial charge is 0.384 e. The van der Waals surface area contributed by atoms with Gasteiger partial charge in [0.25, 0.3) is 0 Å². The van der Waals surface area contributed by atoms with Crippen molar-refractivity contribution in [3.05, 3.63) is 78.5 Å². The molecule has 0 unspecified atom stereocenters. The maximum Gasteiger partial charge on any atom is 0.138 e. The van der Waals surface area contributed by atoms with Crippen LogP contribution in [0.15, 0.2) is 67.1 Å². The van der Waals surface area contributed by atoms with Gasteiger partial charge in [-0.3, -0.25) is 10.1 Å². The van der Waals surface area contributed by atoms with Crippen molar-refractivity contribution in [2.45, 2.75) is 32.2 Å². The lowest BCUT2D eigenvalue weighted by molar-refractivity contribution is 0.425. The highest BCUT2D eigenvalue weighted by atomic mass is 19.1. The Morgan fingerprint density at radius 2 is 1.89 bits per heavy atom. The summed E-state index contributed by atoms with van der Waals surface area (Å²) >= 11 is 0. The van der Waals surface area contributed by atoms with Gasteiger partial charge in [-0.05, 0) is 105 Å². The minimum atomic E-state index is -0.293. The lowest BCUT2D eigenvalue weighted by Gasteiger charge is -2.13. The summed E-state index contributed by atoms with van der Waals surface area (Å²) in [4.78, 5) is 19.6. The fraction of sp³-hybridized carbons (Fsp3) is 0.314. The summed E-state index contributed by atoms with van der Waals surface area (Å²) in [6.07, 6.45) is 10.9. The monoisotopic (exact) mass is 603 g/mol. The van der Waals surface area contributed by atoms with E-state index in [4.69, 9.17) is 4.98 Å². The van der Waals surface area contributed by atoms with Gasteiger partial charge in [-0.2, -0.15) is 5.10 Å². The van der Waals surface area contributed by atoms with E-state index in [0.29, 0.717) is 11.3 Å². The SMILES string of the molecule is CN(C)CCNc1cc(F)cc(-c2ccnc3[nH]c(-c4n[nH]c5ccc(-c6cncc(CNCC7CCCC7)c6)nc45)cc23)c1. The number of pyridine rings is 3. The molecular formula is C35H38FN9. The zero-order valence-electron chi connectivity index (χ0n) is 25.7. The Kier molecular flexibility index (Phi) is 8.23. The van der Waals surface area contributed by atoms with Gasteiger partial charge in [0.15, 0.2) is 0 Å². The highest BCUT2D eigenvalue weighted by molar-refractivity contribution is 5.99. The third-order valence-corrected chi connectivity index (χ3v) is 8.62. The first kappa shape index (κ1) is 29.1. The molecule has 1 aliphatic rings. The second-order valence-electron chi connectivity index (χ2n) is 12.3. The van der Waals surface area contributed by atoms with Crippen LogP contribution >= 0.6 is 0 Å². The maximum absolute atomic E-state index is 14.7. The molecule has 0 radical (unpaired) electrons. The van der Waals surface area contributed by atoms with E-state index in [1.165, 1.54) is 31.7 Å². The highest BCUT2D eigenvalue weighted by Gasteiger charge is 2.17. The molecule has 10 heteroatoms. The number of benzene rings is 1.